The predicted molar refractivity (Wildman–Crippen MR) is 107 cm³/mol. The van der Waals surface area contributed by atoms with Gasteiger partial charge in [0.15, 0.2) is 6.29 Å². The van der Waals surface area contributed by atoms with Gasteiger partial charge >= 0.3 is 8.25 Å². The third-order valence-corrected chi connectivity index (χ3v) is 5.92. The summed E-state index contributed by atoms with van der Waals surface area (Å²) in [6, 6.07) is -0.990. The summed E-state index contributed by atoms with van der Waals surface area (Å²) < 4.78 is 26.7. The smallest absolute Gasteiger partial charge is 0.316 e. The van der Waals surface area contributed by atoms with Crippen LogP contribution in [-0.2, 0) is 28.2 Å². The molecule has 0 aromatic carbocycles. The van der Waals surface area contributed by atoms with Crippen molar-refractivity contribution in [3.63, 3.8) is 0 Å². The van der Waals surface area contributed by atoms with E-state index in [-0.39, 0.29) is 18.6 Å². The number of likely N-dealkylation sites (tertiary alicyclic amines) is 1. The number of piperidine rings is 1. The molecule has 0 radical (unpaired) electrons. The highest BCUT2D eigenvalue weighted by Crippen LogP contribution is 2.25. The number of rotatable bonds is 10. The Bertz CT molecular complexity index is 616. The van der Waals surface area contributed by atoms with Crippen LogP contribution in [0.3, 0.4) is 0 Å². The number of amides is 2. The van der Waals surface area contributed by atoms with Gasteiger partial charge in [-0.2, -0.15) is 0 Å². The van der Waals surface area contributed by atoms with Gasteiger partial charge in [0.1, 0.15) is 24.4 Å². The van der Waals surface area contributed by atoms with Crippen molar-refractivity contribution in [1.29, 1.82) is 0 Å². The van der Waals surface area contributed by atoms with E-state index in [2.05, 4.69) is 5.32 Å². The molecule has 2 amide bonds. The molecule has 0 spiro atoms. The number of hydrogen-bond donors (Lipinski definition) is 5. The van der Waals surface area contributed by atoms with E-state index >= 15 is 0 Å². The molecular formula is C18H33N2O10P. The number of hydrogen-bond acceptors (Lipinski definition) is 9. The average Bonchev–Trinajstić information content (AvgIpc) is 2.72. The average molecular weight is 468 g/mol. The van der Waals surface area contributed by atoms with Crippen LogP contribution in [0.15, 0.2) is 0 Å². The fourth-order valence-electron chi connectivity index (χ4n) is 3.71. The van der Waals surface area contributed by atoms with E-state index in [9.17, 15) is 29.5 Å². The van der Waals surface area contributed by atoms with Crippen molar-refractivity contribution >= 4 is 20.1 Å². The van der Waals surface area contributed by atoms with E-state index in [1.807, 2.05) is 0 Å². The van der Waals surface area contributed by atoms with Crippen molar-refractivity contribution < 1.29 is 48.4 Å². The lowest BCUT2D eigenvalue weighted by Gasteiger charge is -2.42. The summed E-state index contributed by atoms with van der Waals surface area (Å²) >= 11 is 0. The van der Waals surface area contributed by atoms with Crippen molar-refractivity contribution in [1.82, 2.24) is 10.2 Å². The largest absolute Gasteiger partial charge is 0.394 e. The number of unbranched alkanes of at least 4 members (excludes halogenated alkanes) is 1. The zero-order valence-electron chi connectivity index (χ0n) is 17.5. The fraction of sp³-hybridized carbons (Fsp3) is 0.889. The van der Waals surface area contributed by atoms with E-state index in [1.54, 1.807) is 4.90 Å². The zero-order valence-corrected chi connectivity index (χ0v) is 18.5. The summed E-state index contributed by atoms with van der Waals surface area (Å²) in [5, 5.41) is 32.0. The molecule has 12 nitrogen and oxygen atoms in total. The molecule has 2 aliphatic heterocycles. The fourth-order valence-corrected chi connectivity index (χ4v) is 4.24. The summed E-state index contributed by atoms with van der Waals surface area (Å²) in [6.07, 6.45) is -2.68. The molecule has 6 atom stereocenters. The maximum Gasteiger partial charge on any atom is 0.316 e. The van der Waals surface area contributed by atoms with E-state index in [0.717, 1.165) is 0 Å². The topological polar surface area (TPSA) is 175 Å². The number of nitrogens with one attached hydrogen (secondary N) is 1. The number of carbonyl (C=O) groups is 2. The second-order valence-corrected chi connectivity index (χ2v) is 8.49. The molecule has 0 aromatic rings. The van der Waals surface area contributed by atoms with Gasteiger partial charge in [-0.25, -0.2) is 0 Å². The normalized spacial score (nSPS) is 30.7. The lowest BCUT2D eigenvalue weighted by molar-refractivity contribution is -0.270. The van der Waals surface area contributed by atoms with Crippen molar-refractivity contribution in [2.75, 3.05) is 26.3 Å². The van der Waals surface area contributed by atoms with E-state index < -0.39 is 51.4 Å². The van der Waals surface area contributed by atoms with E-state index in [1.165, 1.54) is 6.92 Å². The second kappa shape index (κ2) is 12.8. The molecule has 0 bridgehead atoms. The summed E-state index contributed by atoms with van der Waals surface area (Å²) in [4.78, 5) is 34.2. The zero-order chi connectivity index (χ0) is 23.0. The Hall–Kier alpha value is -1.11. The van der Waals surface area contributed by atoms with Gasteiger partial charge in [0.25, 0.3) is 0 Å². The van der Waals surface area contributed by atoms with Crippen molar-refractivity contribution in [2.45, 2.75) is 75.8 Å². The highest BCUT2D eigenvalue weighted by Gasteiger charge is 2.45. The van der Waals surface area contributed by atoms with Crippen LogP contribution < -0.4 is 5.32 Å². The molecule has 13 heteroatoms. The molecule has 2 heterocycles. The van der Waals surface area contributed by atoms with Gasteiger partial charge in [-0.3, -0.25) is 14.2 Å². The first-order chi connectivity index (χ1) is 14.7. The third kappa shape index (κ3) is 8.07. The molecule has 0 saturated carbocycles. The first kappa shape index (κ1) is 26.1. The molecule has 31 heavy (non-hydrogen) atoms. The Labute approximate surface area is 181 Å². The van der Waals surface area contributed by atoms with Crippen LogP contribution >= 0.6 is 8.25 Å². The maximum absolute atomic E-state index is 12.3. The molecular weight excluding hydrogens is 435 g/mol. The van der Waals surface area contributed by atoms with E-state index in [4.69, 9.17) is 18.9 Å². The first-order valence-corrected chi connectivity index (χ1v) is 11.7. The lowest BCUT2D eigenvalue weighted by atomic mass is 9.97. The van der Waals surface area contributed by atoms with Gasteiger partial charge in [-0.1, -0.05) is 0 Å². The van der Waals surface area contributed by atoms with Gasteiger partial charge in [-0.05, 0) is 25.7 Å². The predicted octanol–water partition coefficient (Wildman–Crippen LogP) is -1.49. The number of nitrogens with zero attached hydrogens (tertiary/aromatic N) is 1. The lowest BCUT2D eigenvalue weighted by Crippen LogP contribution is -2.64. The van der Waals surface area contributed by atoms with Crippen molar-refractivity contribution in [2.24, 2.45) is 0 Å². The van der Waals surface area contributed by atoms with Gasteiger partial charge in [-0.15, -0.1) is 0 Å². The molecule has 2 rings (SSSR count). The number of aliphatic hydroxyl groups is 3. The minimum atomic E-state index is -2.97. The molecule has 5 N–H and O–H groups in total. The van der Waals surface area contributed by atoms with Crippen LogP contribution in [-0.4, -0.2) is 100.0 Å². The van der Waals surface area contributed by atoms with Gasteiger partial charge in [0.2, 0.25) is 11.8 Å². The quantitative estimate of drug-likeness (QED) is 0.188. The minimum absolute atomic E-state index is 0.0148. The van der Waals surface area contributed by atoms with Crippen molar-refractivity contribution in [3.05, 3.63) is 0 Å². The summed E-state index contributed by atoms with van der Waals surface area (Å²) in [5.41, 5.74) is 0. The monoisotopic (exact) mass is 468 g/mol. The van der Waals surface area contributed by atoms with Crippen LogP contribution in [0.2, 0.25) is 0 Å². The Morgan fingerprint density at radius 2 is 1.87 bits per heavy atom. The molecule has 0 aromatic heterocycles. The Kier molecular flexibility index (Phi) is 10.8. The van der Waals surface area contributed by atoms with Crippen LogP contribution in [0.5, 0.6) is 0 Å². The van der Waals surface area contributed by atoms with Crippen LogP contribution in [0, 0.1) is 0 Å². The highest BCUT2D eigenvalue weighted by molar-refractivity contribution is 7.32. The molecule has 0 aliphatic carbocycles. The molecule has 3 unspecified atom stereocenters. The SMILES string of the molecule is CC(=O)N[C@H]1C(O)[C@@H](O)C(CO)O[C@H]1OCCCCC(=O)N1CCC(O[PH](=O)O)CC1. The Morgan fingerprint density at radius 1 is 1.19 bits per heavy atom. The number of ether oxygens (including phenoxy) is 2. The van der Waals surface area contributed by atoms with E-state index in [0.29, 0.717) is 45.2 Å². The Balaban J connectivity index is 1.71. The molecule has 2 saturated heterocycles. The Morgan fingerprint density at radius 3 is 2.45 bits per heavy atom. The van der Waals surface area contributed by atoms with Crippen LogP contribution in [0.4, 0.5) is 0 Å². The third-order valence-electron chi connectivity index (χ3n) is 5.38. The summed E-state index contributed by atoms with van der Waals surface area (Å²) in [7, 11) is -2.97. The number of carbonyl (C=O) groups excluding carboxylic acids is 2. The molecule has 2 fully saturated rings. The van der Waals surface area contributed by atoms with Crippen LogP contribution in [0.25, 0.3) is 0 Å². The maximum atomic E-state index is 12.3. The van der Waals surface area contributed by atoms with Gasteiger partial charge in [0.05, 0.1) is 12.7 Å². The van der Waals surface area contributed by atoms with Crippen LogP contribution in [0.1, 0.15) is 39.0 Å². The van der Waals surface area contributed by atoms with Gasteiger partial charge in [0, 0.05) is 33.0 Å². The standard InChI is InChI=1S/C18H33N2O10P/c1-11(22)19-15-17(25)16(24)13(10-21)29-18(15)28-9-3-2-4-14(23)20-7-5-12(6-8-20)30-31(26)27/h12-13,15-18,21,24-25,31H,2-10H2,1H3,(H,19,22)(H,26,27)/t13?,15-,16-,17?,18+/m0/s1. The number of aliphatic hydroxyl groups excluding tert-OH is 3. The summed E-state index contributed by atoms with van der Waals surface area (Å²) in [5.74, 6) is -0.443. The van der Waals surface area contributed by atoms with Gasteiger partial charge < -0.3 is 44.4 Å². The second-order valence-electron chi connectivity index (χ2n) is 7.72. The summed E-state index contributed by atoms with van der Waals surface area (Å²) in [6.45, 7) is 1.89. The molecule has 180 valence electrons. The molecule has 2 aliphatic rings. The highest BCUT2D eigenvalue weighted by atomic mass is 31.1. The first-order valence-electron chi connectivity index (χ1n) is 10.4. The minimum Gasteiger partial charge on any atom is -0.394 e. The van der Waals surface area contributed by atoms with Crippen molar-refractivity contribution in [3.8, 4) is 0 Å².